The van der Waals surface area contributed by atoms with Gasteiger partial charge in [0, 0.05) is 24.0 Å². The second kappa shape index (κ2) is 6.57. The molecule has 1 N–H and O–H groups in total. The van der Waals surface area contributed by atoms with E-state index in [2.05, 4.69) is 5.32 Å². The maximum absolute atomic E-state index is 12.1. The Morgan fingerprint density at radius 1 is 1.41 bits per heavy atom. The second-order valence-corrected chi connectivity index (χ2v) is 6.21. The summed E-state index contributed by atoms with van der Waals surface area (Å²) in [5.74, 6) is 0.501. The van der Waals surface area contributed by atoms with Crippen molar-refractivity contribution in [2.75, 3.05) is 19.7 Å². The molecule has 5 nitrogen and oxygen atoms in total. The molecule has 1 aliphatic carbocycles. The van der Waals surface area contributed by atoms with Crippen LogP contribution >= 0.6 is 11.6 Å². The van der Waals surface area contributed by atoms with Gasteiger partial charge in [-0.1, -0.05) is 17.7 Å². The molecule has 3 rings (SSSR count). The average Bonchev–Trinajstić information content (AvgIpc) is 3.26. The Balaban J connectivity index is 1.38. The van der Waals surface area contributed by atoms with Gasteiger partial charge < -0.3 is 15.0 Å². The third kappa shape index (κ3) is 3.71. The quantitative estimate of drug-likeness (QED) is 0.813. The Hall–Kier alpha value is -1.75. The van der Waals surface area contributed by atoms with E-state index in [1.54, 1.807) is 12.1 Å². The van der Waals surface area contributed by atoms with Gasteiger partial charge in [0.05, 0.1) is 12.5 Å². The van der Waals surface area contributed by atoms with E-state index in [4.69, 9.17) is 16.3 Å². The largest absolute Gasteiger partial charge is 0.492 e. The minimum atomic E-state index is -0.223. The number of rotatable bonds is 6. The van der Waals surface area contributed by atoms with E-state index in [9.17, 15) is 9.59 Å². The summed E-state index contributed by atoms with van der Waals surface area (Å²) in [6, 6.07) is 7.52. The molecule has 0 radical (unpaired) electrons. The predicted octanol–water partition coefficient (Wildman–Crippen LogP) is 1.85. The zero-order valence-corrected chi connectivity index (χ0v) is 13.0. The fourth-order valence-corrected chi connectivity index (χ4v) is 2.87. The zero-order chi connectivity index (χ0) is 15.5. The molecule has 1 heterocycles. The summed E-state index contributed by atoms with van der Waals surface area (Å²) >= 11 is 5.87. The molecule has 6 heteroatoms. The molecule has 2 fully saturated rings. The number of carbonyl (C=O) groups is 2. The van der Waals surface area contributed by atoms with Crippen molar-refractivity contribution in [2.24, 2.45) is 5.92 Å². The van der Waals surface area contributed by atoms with Gasteiger partial charge in [0.25, 0.3) is 0 Å². The number of carbonyl (C=O) groups excluding carboxylic acids is 2. The number of likely N-dealkylation sites (tertiary alicyclic amines) is 1. The number of halogens is 1. The molecular formula is C16H19ClN2O3. The molecular weight excluding hydrogens is 304 g/mol. The van der Waals surface area contributed by atoms with Crippen LogP contribution < -0.4 is 10.1 Å². The number of nitrogens with one attached hydrogen (secondary N) is 1. The van der Waals surface area contributed by atoms with Gasteiger partial charge in [-0.2, -0.15) is 0 Å². The highest BCUT2D eigenvalue weighted by Crippen LogP contribution is 2.32. The van der Waals surface area contributed by atoms with E-state index in [0.717, 1.165) is 12.8 Å². The van der Waals surface area contributed by atoms with Crippen molar-refractivity contribution in [1.29, 1.82) is 0 Å². The molecule has 1 aromatic rings. The summed E-state index contributed by atoms with van der Waals surface area (Å²) in [7, 11) is 0. The summed E-state index contributed by atoms with van der Waals surface area (Å²) in [4.78, 5) is 25.8. The monoisotopic (exact) mass is 322 g/mol. The highest BCUT2D eigenvalue weighted by molar-refractivity contribution is 6.30. The molecule has 0 bridgehead atoms. The van der Waals surface area contributed by atoms with E-state index in [-0.39, 0.29) is 17.7 Å². The SMILES string of the molecule is O=C(NCCOc1cccc(Cl)c1)[C@@H]1CC(=O)N(C2CC2)C1. The van der Waals surface area contributed by atoms with Crippen molar-refractivity contribution >= 4 is 23.4 Å². The molecule has 1 saturated heterocycles. The van der Waals surface area contributed by atoms with Crippen LogP contribution in [0.5, 0.6) is 5.75 Å². The van der Waals surface area contributed by atoms with Crippen LogP contribution in [0.2, 0.25) is 5.02 Å². The normalized spacial score (nSPS) is 21.0. The molecule has 1 atom stereocenters. The molecule has 1 saturated carbocycles. The lowest BCUT2D eigenvalue weighted by Gasteiger charge is -2.15. The number of hydrogen-bond donors (Lipinski definition) is 1. The van der Waals surface area contributed by atoms with Gasteiger partial charge in [0.1, 0.15) is 12.4 Å². The highest BCUT2D eigenvalue weighted by atomic mass is 35.5. The molecule has 1 aliphatic heterocycles. The Morgan fingerprint density at radius 2 is 2.23 bits per heavy atom. The van der Waals surface area contributed by atoms with Gasteiger partial charge in [-0.3, -0.25) is 9.59 Å². The summed E-state index contributed by atoms with van der Waals surface area (Å²) in [5.41, 5.74) is 0. The zero-order valence-electron chi connectivity index (χ0n) is 12.3. The second-order valence-electron chi connectivity index (χ2n) is 5.78. The van der Waals surface area contributed by atoms with Crippen LogP contribution in [-0.4, -0.2) is 42.5 Å². The average molecular weight is 323 g/mol. The summed E-state index contributed by atoms with van der Waals surface area (Å²) in [5, 5.41) is 3.45. The lowest BCUT2D eigenvalue weighted by molar-refractivity contribution is -0.129. The summed E-state index contributed by atoms with van der Waals surface area (Å²) < 4.78 is 5.51. The Bertz CT molecular complexity index is 574. The van der Waals surface area contributed by atoms with Gasteiger partial charge in [0.2, 0.25) is 11.8 Å². The number of benzene rings is 1. The van der Waals surface area contributed by atoms with E-state index in [1.165, 1.54) is 0 Å². The lowest BCUT2D eigenvalue weighted by atomic mass is 10.1. The highest BCUT2D eigenvalue weighted by Gasteiger charge is 2.41. The van der Waals surface area contributed by atoms with Crippen LogP contribution in [-0.2, 0) is 9.59 Å². The van der Waals surface area contributed by atoms with Crippen LogP contribution in [0.15, 0.2) is 24.3 Å². The standard InChI is InChI=1S/C16H19ClN2O3/c17-12-2-1-3-14(9-12)22-7-6-18-16(21)11-8-15(20)19(10-11)13-4-5-13/h1-3,9,11,13H,4-8,10H2,(H,18,21)/t11-/m1/s1. The summed E-state index contributed by atoms with van der Waals surface area (Å²) in [6.45, 7) is 1.35. The predicted molar refractivity (Wildman–Crippen MR) is 82.8 cm³/mol. The third-order valence-electron chi connectivity index (χ3n) is 3.98. The van der Waals surface area contributed by atoms with E-state index in [1.807, 2.05) is 17.0 Å². The minimum absolute atomic E-state index is 0.0637. The molecule has 2 amide bonds. The first kappa shape index (κ1) is 15.2. The van der Waals surface area contributed by atoms with Crippen molar-refractivity contribution in [3.05, 3.63) is 29.3 Å². The van der Waals surface area contributed by atoms with Crippen molar-refractivity contribution < 1.29 is 14.3 Å². The minimum Gasteiger partial charge on any atom is -0.492 e. The first-order valence-corrected chi connectivity index (χ1v) is 7.97. The van der Waals surface area contributed by atoms with Gasteiger partial charge in [-0.15, -0.1) is 0 Å². The molecule has 1 aromatic carbocycles. The fourth-order valence-electron chi connectivity index (χ4n) is 2.69. The smallest absolute Gasteiger partial charge is 0.225 e. The Kier molecular flexibility index (Phi) is 4.52. The molecule has 0 aromatic heterocycles. The van der Waals surface area contributed by atoms with Crippen molar-refractivity contribution in [1.82, 2.24) is 10.2 Å². The van der Waals surface area contributed by atoms with Gasteiger partial charge in [-0.05, 0) is 31.0 Å². The van der Waals surface area contributed by atoms with Crippen LogP contribution in [0, 0.1) is 5.92 Å². The first-order chi connectivity index (χ1) is 10.6. The van der Waals surface area contributed by atoms with Crippen molar-refractivity contribution in [3.63, 3.8) is 0 Å². The fraction of sp³-hybridized carbons (Fsp3) is 0.500. The molecule has 0 unspecified atom stereocenters. The maximum atomic E-state index is 12.1. The van der Waals surface area contributed by atoms with Gasteiger partial charge in [-0.25, -0.2) is 0 Å². The number of ether oxygens (including phenoxy) is 1. The Labute approximate surface area is 134 Å². The van der Waals surface area contributed by atoms with Crippen LogP contribution in [0.3, 0.4) is 0 Å². The number of nitrogens with zero attached hydrogens (tertiary/aromatic N) is 1. The van der Waals surface area contributed by atoms with Gasteiger partial charge in [0.15, 0.2) is 0 Å². The van der Waals surface area contributed by atoms with Crippen LogP contribution in [0.4, 0.5) is 0 Å². The maximum Gasteiger partial charge on any atom is 0.225 e. The van der Waals surface area contributed by atoms with Crippen LogP contribution in [0.1, 0.15) is 19.3 Å². The van der Waals surface area contributed by atoms with Crippen molar-refractivity contribution in [2.45, 2.75) is 25.3 Å². The molecule has 118 valence electrons. The third-order valence-corrected chi connectivity index (χ3v) is 4.22. The van der Waals surface area contributed by atoms with Gasteiger partial charge >= 0.3 is 0 Å². The number of hydrogen-bond acceptors (Lipinski definition) is 3. The van der Waals surface area contributed by atoms with E-state index in [0.29, 0.717) is 42.9 Å². The van der Waals surface area contributed by atoms with Crippen LogP contribution in [0.25, 0.3) is 0 Å². The molecule has 22 heavy (non-hydrogen) atoms. The van der Waals surface area contributed by atoms with E-state index >= 15 is 0 Å². The van der Waals surface area contributed by atoms with Crippen molar-refractivity contribution in [3.8, 4) is 5.75 Å². The van der Waals surface area contributed by atoms with E-state index < -0.39 is 0 Å². The topological polar surface area (TPSA) is 58.6 Å². The molecule has 0 spiro atoms. The first-order valence-electron chi connectivity index (χ1n) is 7.59. The lowest BCUT2D eigenvalue weighted by Crippen LogP contribution is -2.35. The number of amides is 2. The molecule has 2 aliphatic rings. The summed E-state index contributed by atoms with van der Waals surface area (Å²) in [6.07, 6.45) is 2.48. The Morgan fingerprint density at radius 3 is 2.95 bits per heavy atom.